The lowest BCUT2D eigenvalue weighted by Gasteiger charge is -2.15. The summed E-state index contributed by atoms with van der Waals surface area (Å²) in [6, 6.07) is 1.61. The fourth-order valence-electron chi connectivity index (χ4n) is 1.26. The average Bonchev–Trinajstić information content (AvgIpc) is 2.52. The topological polar surface area (TPSA) is 56.5 Å². The molecule has 0 aliphatic rings. The number of ketones is 1. The van der Waals surface area contributed by atoms with Gasteiger partial charge in [0.2, 0.25) is 0 Å². The monoisotopic (exact) mass is 238 g/mol. The standard InChI is InChI=1S/C13H18O4/c1-8-6-10(9(2)17-8)12(15)16-7-11(14)13(3,4)5/h6H,7H2,1-5H3. The minimum absolute atomic E-state index is 0.108. The van der Waals surface area contributed by atoms with E-state index in [2.05, 4.69) is 0 Å². The zero-order valence-corrected chi connectivity index (χ0v) is 10.9. The van der Waals surface area contributed by atoms with Crippen LogP contribution in [-0.4, -0.2) is 18.4 Å². The van der Waals surface area contributed by atoms with Crippen LogP contribution in [-0.2, 0) is 9.53 Å². The van der Waals surface area contributed by atoms with Crippen molar-refractivity contribution in [1.29, 1.82) is 0 Å². The van der Waals surface area contributed by atoms with Gasteiger partial charge in [0.15, 0.2) is 12.4 Å². The van der Waals surface area contributed by atoms with Crippen LogP contribution in [0.4, 0.5) is 0 Å². The summed E-state index contributed by atoms with van der Waals surface area (Å²) in [6.07, 6.45) is 0. The Balaban J connectivity index is 2.63. The first-order chi connectivity index (χ1) is 7.71. The molecule has 0 N–H and O–H groups in total. The summed E-state index contributed by atoms with van der Waals surface area (Å²) in [6.45, 7) is 8.61. The molecule has 1 heterocycles. The van der Waals surface area contributed by atoms with Crippen molar-refractivity contribution in [1.82, 2.24) is 0 Å². The van der Waals surface area contributed by atoms with Crippen molar-refractivity contribution >= 4 is 11.8 Å². The molecule has 0 fully saturated rings. The number of carbonyl (C=O) groups is 2. The van der Waals surface area contributed by atoms with E-state index < -0.39 is 11.4 Å². The summed E-state index contributed by atoms with van der Waals surface area (Å²) >= 11 is 0. The molecule has 0 bridgehead atoms. The molecule has 0 saturated carbocycles. The second kappa shape index (κ2) is 4.73. The molecule has 0 aliphatic heterocycles. The summed E-state index contributed by atoms with van der Waals surface area (Å²) in [5, 5.41) is 0. The maximum Gasteiger partial charge on any atom is 0.342 e. The summed E-state index contributed by atoms with van der Waals surface area (Å²) in [5.41, 5.74) is -0.119. The Kier molecular flexibility index (Phi) is 3.76. The van der Waals surface area contributed by atoms with E-state index in [1.54, 1.807) is 40.7 Å². The molecule has 4 heteroatoms. The number of aryl methyl sites for hydroxylation is 2. The predicted molar refractivity (Wildman–Crippen MR) is 62.9 cm³/mol. The van der Waals surface area contributed by atoms with Gasteiger partial charge >= 0.3 is 5.97 Å². The third kappa shape index (κ3) is 3.44. The number of ether oxygens (including phenoxy) is 1. The average molecular weight is 238 g/mol. The van der Waals surface area contributed by atoms with Crippen molar-refractivity contribution in [2.75, 3.05) is 6.61 Å². The van der Waals surface area contributed by atoms with Crippen LogP contribution in [0.5, 0.6) is 0 Å². The number of Topliss-reactive ketones (excluding diaryl/α,β-unsaturated/α-hetero) is 1. The molecule has 1 aromatic heterocycles. The fourth-order valence-corrected chi connectivity index (χ4v) is 1.26. The fraction of sp³-hybridized carbons (Fsp3) is 0.538. The maximum absolute atomic E-state index is 11.7. The Morgan fingerprint density at radius 1 is 1.29 bits per heavy atom. The summed E-state index contributed by atoms with van der Waals surface area (Å²) in [5.74, 6) is 0.535. The van der Waals surface area contributed by atoms with E-state index in [0.29, 0.717) is 17.1 Å². The molecule has 17 heavy (non-hydrogen) atoms. The molecule has 0 aliphatic carbocycles. The van der Waals surface area contributed by atoms with E-state index in [0.717, 1.165) is 0 Å². The van der Waals surface area contributed by atoms with Gasteiger partial charge < -0.3 is 9.15 Å². The van der Waals surface area contributed by atoms with Crippen LogP contribution < -0.4 is 0 Å². The van der Waals surface area contributed by atoms with Crippen molar-refractivity contribution in [3.05, 3.63) is 23.2 Å². The van der Waals surface area contributed by atoms with Gasteiger partial charge in [0, 0.05) is 5.41 Å². The highest BCUT2D eigenvalue weighted by atomic mass is 16.5. The molecule has 1 aromatic rings. The first-order valence-electron chi connectivity index (χ1n) is 5.49. The van der Waals surface area contributed by atoms with E-state index in [9.17, 15) is 9.59 Å². The third-order valence-corrected chi connectivity index (χ3v) is 2.43. The SMILES string of the molecule is Cc1cc(C(=O)OCC(=O)C(C)(C)C)c(C)o1. The van der Waals surface area contributed by atoms with Crippen LogP contribution in [0.2, 0.25) is 0 Å². The Morgan fingerprint density at radius 2 is 1.88 bits per heavy atom. The van der Waals surface area contributed by atoms with E-state index in [1.807, 2.05) is 0 Å². The minimum atomic E-state index is -0.517. The minimum Gasteiger partial charge on any atom is -0.466 e. The molecule has 0 spiro atoms. The van der Waals surface area contributed by atoms with Gasteiger partial charge in [-0.15, -0.1) is 0 Å². The lowest BCUT2D eigenvalue weighted by Crippen LogP contribution is -2.26. The smallest absolute Gasteiger partial charge is 0.342 e. The molecule has 4 nitrogen and oxygen atoms in total. The number of carbonyl (C=O) groups excluding carboxylic acids is 2. The first kappa shape index (κ1) is 13.5. The van der Waals surface area contributed by atoms with Crippen molar-refractivity contribution < 1.29 is 18.7 Å². The van der Waals surface area contributed by atoms with Crippen molar-refractivity contribution in [2.24, 2.45) is 5.41 Å². The molecule has 0 saturated heterocycles. The molecule has 0 amide bonds. The Morgan fingerprint density at radius 3 is 2.29 bits per heavy atom. The van der Waals surface area contributed by atoms with Gasteiger partial charge in [-0.1, -0.05) is 20.8 Å². The largest absolute Gasteiger partial charge is 0.466 e. The van der Waals surface area contributed by atoms with E-state index >= 15 is 0 Å². The molecular formula is C13H18O4. The van der Waals surface area contributed by atoms with Crippen molar-refractivity contribution in [3.8, 4) is 0 Å². The lowest BCUT2D eigenvalue weighted by molar-refractivity contribution is -0.129. The summed E-state index contributed by atoms with van der Waals surface area (Å²) in [4.78, 5) is 23.3. The summed E-state index contributed by atoms with van der Waals surface area (Å²) in [7, 11) is 0. The molecule has 0 atom stereocenters. The number of furan rings is 1. The van der Waals surface area contributed by atoms with E-state index in [1.165, 1.54) is 0 Å². The number of hydrogen-bond acceptors (Lipinski definition) is 4. The van der Waals surface area contributed by atoms with Crippen LogP contribution in [0, 0.1) is 19.3 Å². The van der Waals surface area contributed by atoms with Crippen LogP contribution in [0.3, 0.4) is 0 Å². The van der Waals surface area contributed by atoms with Crippen LogP contribution >= 0.6 is 0 Å². The van der Waals surface area contributed by atoms with Crippen LogP contribution in [0.25, 0.3) is 0 Å². The highest BCUT2D eigenvalue weighted by Crippen LogP contribution is 2.17. The third-order valence-electron chi connectivity index (χ3n) is 2.43. The normalized spacial score (nSPS) is 11.4. The highest BCUT2D eigenvalue weighted by Gasteiger charge is 2.23. The maximum atomic E-state index is 11.7. The van der Waals surface area contributed by atoms with Gasteiger partial charge in [0.05, 0.1) is 0 Å². The molecule has 0 aromatic carbocycles. The van der Waals surface area contributed by atoms with Crippen LogP contribution in [0.1, 0.15) is 42.6 Å². The first-order valence-corrected chi connectivity index (χ1v) is 5.49. The van der Waals surface area contributed by atoms with Gasteiger partial charge in [0.25, 0.3) is 0 Å². The van der Waals surface area contributed by atoms with E-state index in [4.69, 9.17) is 9.15 Å². The molecule has 1 rings (SSSR count). The number of esters is 1. The number of rotatable bonds is 3. The Hall–Kier alpha value is -1.58. The van der Waals surface area contributed by atoms with Gasteiger partial charge in [-0.3, -0.25) is 4.79 Å². The zero-order chi connectivity index (χ0) is 13.2. The van der Waals surface area contributed by atoms with Gasteiger partial charge in [-0.25, -0.2) is 4.79 Å². The molecular weight excluding hydrogens is 220 g/mol. The van der Waals surface area contributed by atoms with Crippen LogP contribution in [0.15, 0.2) is 10.5 Å². The molecule has 94 valence electrons. The van der Waals surface area contributed by atoms with Gasteiger partial charge in [-0.2, -0.15) is 0 Å². The number of hydrogen-bond donors (Lipinski definition) is 0. The van der Waals surface area contributed by atoms with Gasteiger partial charge in [-0.05, 0) is 19.9 Å². The summed E-state index contributed by atoms with van der Waals surface area (Å²) < 4.78 is 10.2. The Bertz CT molecular complexity index is 435. The quantitative estimate of drug-likeness (QED) is 0.760. The van der Waals surface area contributed by atoms with Gasteiger partial charge in [0.1, 0.15) is 17.1 Å². The Labute approximate surface area is 101 Å². The van der Waals surface area contributed by atoms with E-state index in [-0.39, 0.29) is 12.4 Å². The van der Waals surface area contributed by atoms with Crippen molar-refractivity contribution in [3.63, 3.8) is 0 Å². The second-order valence-electron chi connectivity index (χ2n) is 5.08. The predicted octanol–water partition coefficient (Wildman–Crippen LogP) is 2.67. The lowest BCUT2D eigenvalue weighted by atomic mass is 9.91. The zero-order valence-electron chi connectivity index (χ0n) is 10.9. The molecule has 0 radical (unpaired) electrons. The molecule has 0 unspecified atom stereocenters. The van der Waals surface area contributed by atoms with Crippen molar-refractivity contribution in [2.45, 2.75) is 34.6 Å². The second-order valence-corrected chi connectivity index (χ2v) is 5.08. The highest BCUT2D eigenvalue weighted by molar-refractivity contribution is 5.93.